The molecule has 3 aromatic rings. The molecule has 1 unspecified atom stereocenters. The largest absolute Gasteiger partial charge is 0.384 e. The van der Waals surface area contributed by atoms with E-state index in [1.165, 1.54) is 6.92 Å². The molecule has 1 saturated heterocycles. The predicted molar refractivity (Wildman–Crippen MR) is 144 cm³/mol. The van der Waals surface area contributed by atoms with Crippen molar-refractivity contribution in [2.75, 3.05) is 26.2 Å². The van der Waals surface area contributed by atoms with E-state index in [1.807, 2.05) is 30.3 Å². The summed E-state index contributed by atoms with van der Waals surface area (Å²) in [6, 6.07) is 15.1. The Morgan fingerprint density at radius 2 is 1.76 bits per heavy atom. The second-order valence-corrected chi connectivity index (χ2v) is 10.7. The number of nitrogens with two attached hydrogens (primary N) is 1. The van der Waals surface area contributed by atoms with E-state index >= 15 is 0 Å². The Hall–Kier alpha value is -3.87. The van der Waals surface area contributed by atoms with Crippen LogP contribution in [0.2, 0.25) is 0 Å². The van der Waals surface area contributed by atoms with Crippen molar-refractivity contribution in [2.24, 2.45) is 5.73 Å². The van der Waals surface area contributed by atoms with Crippen LogP contribution in [0.4, 0.5) is 0 Å². The van der Waals surface area contributed by atoms with Gasteiger partial charge in [-0.1, -0.05) is 42.5 Å². The Kier molecular flexibility index (Phi) is 8.35. The maximum absolute atomic E-state index is 13.5. The zero-order chi connectivity index (χ0) is 27.3. The summed E-state index contributed by atoms with van der Waals surface area (Å²) in [4.78, 5) is 32.7. The molecule has 0 aliphatic carbocycles. The van der Waals surface area contributed by atoms with E-state index in [2.05, 4.69) is 14.4 Å². The Morgan fingerprint density at radius 1 is 1.05 bits per heavy atom. The molecule has 4 rings (SSSR count). The summed E-state index contributed by atoms with van der Waals surface area (Å²) in [7, 11) is -4.12. The van der Waals surface area contributed by atoms with Crippen molar-refractivity contribution in [1.29, 1.82) is 5.41 Å². The number of nitrogens with one attached hydrogen (secondary N) is 3. The molecular weight excluding hydrogens is 506 g/mol. The van der Waals surface area contributed by atoms with Crippen LogP contribution < -0.4 is 15.2 Å². The minimum absolute atomic E-state index is 0.0559. The standard InChI is InChI=1S/C26H31N7O4S/c1-18(34)32-11-13-33(14-12-32)26(35)23(16-19-5-4-7-21(15-19)25(27)28)31-38(36,37)30-17-24-22-8-3-2-6-20(22)9-10-29-24/h2-10,15,23,30-31H,11-14,16-17H2,1H3,(H3,27,28). The number of carbonyl (C=O) groups excluding carboxylic acids is 2. The minimum atomic E-state index is -4.12. The van der Waals surface area contributed by atoms with Gasteiger partial charge in [-0.05, 0) is 29.5 Å². The summed E-state index contributed by atoms with van der Waals surface area (Å²) in [5, 5.41) is 9.46. The van der Waals surface area contributed by atoms with Crippen LogP contribution in [0.15, 0.2) is 60.8 Å². The van der Waals surface area contributed by atoms with Gasteiger partial charge in [0.1, 0.15) is 11.9 Å². The Morgan fingerprint density at radius 3 is 2.47 bits per heavy atom. The molecule has 2 heterocycles. The van der Waals surface area contributed by atoms with Crippen molar-refractivity contribution >= 4 is 38.6 Å². The van der Waals surface area contributed by atoms with Crippen molar-refractivity contribution in [2.45, 2.75) is 25.9 Å². The first kappa shape index (κ1) is 27.2. The lowest BCUT2D eigenvalue weighted by Gasteiger charge is -2.36. The number of hydrogen-bond acceptors (Lipinski definition) is 6. The van der Waals surface area contributed by atoms with Gasteiger partial charge in [0, 0.05) is 50.2 Å². The number of aromatic nitrogens is 1. The van der Waals surface area contributed by atoms with Crippen molar-refractivity contribution in [3.63, 3.8) is 0 Å². The quantitative estimate of drug-likeness (QED) is 0.233. The summed E-state index contributed by atoms with van der Waals surface area (Å²) in [5.74, 6) is -0.586. The Bertz CT molecular complexity index is 1450. The van der Waals surface area contributed by atoms with E-state index in [0.29, 0.717) is 43.0 Å². The number of pyridine rings is 1. The third-order valence-electron chi connectivity index (χ3n) is 6.50. The molecule has 0 bridgehead atoms. The second-order valence-electron chi connectivity index (χ2n) is 9.12. The average molecular weight is 538 g/mol. The number of hydrogen-bond donors (Lipinski definition) is 4. The molecule has 38 heavy (non-hydrogen) atoms. The van der Waals surface area contributed by atoms with Crippen molar-refractivity contribution in [3.05, 3.63) is 77.6 Å². The first-order chi connectivity index (χ1) is 18.1. The molecular formula is C26H31N7O4S. The number of fused-ring (bicyclic) bond motifs is 1. The summed E-state index contributed by atoms with van der Waals surface area (Å²) in [5.41, 5.74) is 7.30. The molecule has 1 aliphatic rings. The van der Waals surface area contributed by atoms with Crippen LogP contribution in [0, 0.1) is 5.41 Å². The third kappa shape index (κ3) is 6.71. The predicted octanol–water partition coefficient (Wildman–Crippen LogP) is 0.745. The fraction of sp³-hybridized carbons (Fsp3) is 0.308. The van der Waals surface area contributed by atoms with E-state index in [9.17, 15) is 18.0 Å². The number of benzene rings is 2. The van der Waals surface area contributed by atoms with E-state index in [1.54, 1.807) is 40.3 Å². The lowest BCUT2D eigenvalue weighted by molar-refractivity contribution is -0.139. The highest BCUT2D eigenvalue weighted by Gasteiger charge is 2.31. The van der Waals surface area contributed by atoms with Gasteiger partial charge in [0.25, 0.3) is 10.2 Å². The van der Waals surface area contributed by atoms with E-state index < -0.39 is 22.2 Å². The van der Waals surface area contributed by atoms with Crippen molar-refractivity contribution < 1.29 is 18.0 Å². The summed E-state index contributed by atoms with van der Waals surface area (Å²) in [6.45, 7) is 2.79. The fourth-order valence-corrected chi connectivity index (χ4v) is 5.43. The lowest BCUT2D eigenvalue weighted by Crippen LogP contribution is -2.57. The van der Waals surface area contributed by atoms with Gasteiger partial charge < -0.3 is 15.5 Å². The molecule has 1 atom stereocenters. The topological polar surface area (TPSA) is 162 Å². The van der Waals surface area contributed by atoms with Crippen LogP contribution in [-0.2, 0) is 32.8 Å². The highest BCUT2D eigenvalue weighted by Crippen LogP contribution is 2.17. The summed E-state index contributed by atoms with van der Waals surface area (Å²) in [6.07, 6.45) is 1.68. The van der Waals surface area contributed by atoms with Crippen LogP contribution in [0.1, 0.15) is 23.7 Å². The Balaban J connectivity index is 1.53. The SMILES string of the molecule is CC(=O)N1CCN(C(=O)C(Cc2cccc(C(=N)N)c2)NS(=O)(=O)NCc2nccc3ccccc23)CC1. The summed E-state index contributed by atoms with van der Waals surface area (Å²) < 4.78 is 31.3. The monoisotopic (exact) mass is 537 g/mol. The molecule has 1 fully saturated rings. The van der Waals surface area contributed by atoms with Gasteiger partial charge in [-0.15, -0.1) is 0 Å². The normalized spacial score (nSPS) is 14.9. The first-order valence-electron chi connectivity index (χ1n) is 12.2. The molecule has 0 saturated carbocycles. The van der Waals surface area contributed by atoms with Crippen LogP contribution in [0.3, 0.4) is 0 Å². The second kappa shape index (κ2) is 11.7. The number of carbonyl (C=O) groups is 2. The van der Waals surface area contributed by atoms with E-state index in [4.69, 9.17) is 11.1 Å². The van der Waals surface area contributed by atoms with Gasteiger partial charge in [0.05, 0.1) is 12.2 Å². The van der Waals surface area contributed by atoms with Gasteiger partial charge in [0.2, 0.25) is 11.8 Å². The lowest BCUT2D eigenvalue weighted by atomic mass is 10.0. The van der Waals surface area contributed by atoms with Gasteiger partial charge in [0.15, 0.2) is 0 Å². The van der Waals surface area contributed by atoms with Crippen molar-refractivity contribution in [3.8, 4) is 0 Å². The molecule has 11 nitrogen and oxygen atoms in total. The minimum Gasteiger partial charge on any atom is -0.384 e. The number of amides is 2. The molecule has 2 amide bonds. The molecule has 0 spiro atoms. The van der Waals surface area contributed by atoms with Crippen LogP contribution in [-0.4, -0.2) is 73.1 Å². The van der Waals surface area contributed by atoms with Gasteiger partial charge >= 0.3 is 0 Å². The number of piperazine rings is 1. The smallest absolute Gasteiger partial charge is 0.278 e. The highest BCUT2D eigenvalue weighted by atomic mass is 32.2. The number of nitrogen functional groups attached to an aromatic ring is 1. The van der Waals surface area contributed by atoms with Crippen LogP contribution in [0.25, 0.3) is 10.8 Å². The van der Waals surface area contributed by atoms with Crippen LogP contribution in [0.5, 0.6) is 0 Å². The van der Waals surface area contributed by atoms with Crippen LogP contribution >= 0.6 is 0 Å². The van der Waals surface area contributed by atoms with Gasteiger partial charge in [-0.3, -0.25) is 20.0 Å². The van der Waals surface area contributed by atoms with Gasteiger partial charge in [-0.2, -0.15) is 17.9 Å². The number of rotatable bonds is 9. The highest BCUT2D eigenvalue weighted by molar-refractivity contribution is 7.87. The first-order valence-corrected chi connectivity index (χ1v) is 13.7. The maximum Gasteiger partial charge on any atom is 0.278 e. The van der Waals surface area contributed by atoms with E-state index in [0.717, 1.165) is 10.8 Å². The number of amidine groups is 1. The molecule has 5 N–H and O–H groups in total. The van der Waals surface area contributed by atoms with Crippen molar-refractivity contribution in [1.82, 2.24) is 24.2 Å². The third-order valence-corrected chi connectivity index (χ3v) is 7.61. The zero-order valence-corrected chi connectivity index (χ0v) is 21.9. The maximum atomic E-state index is 13.5. The fourth-order valence-electron chi connectivity index (χ4n) is 4.46. The molecule has 12 heteroatoms. The molecule has 1 aromatic heterocycles. The van der Waals surface area contributed by atoms with Gasteiger partial charge in [-0.25, -0.2) is 0 Å². The Labute approximate surface area is 221 Å². The number of nitrogens with zero attached hydrogens (tertiary/aromatic N) is 3. The summed E-state index contributed by atoms with van der Waals surface area (Å²) >= 11 is 0. The molecule has 0 radical (unpaired) electrons. The molecule has 200 valence electrons. The average Bonchev–Trinajstić information content (AvgIpc) is 2.91. The molecule has 2 aromatic carbocycles. The zero-order valence-electron chi connectivity index (χ0n) is 21.1. The molecule has 1 aliphatic heterocycles. The van der Waals surface area contributed by atoms with E-state index in [-0.39, 0.29) is 24.7 Å².